The Morgan fingerprint density at radius 2 is 1.96 bits per heavy atom. The Kier molecular flexibility index (Phi) is 3.90. The average molecular weight is 327 g/mol. The maximum atomic E-state index is 12.2. The van der Waals surface area contributed by atoms with Gasteiger partial charge in [-0.1, -0.05) is 11.3 Å². The van der Waals surface area contributed by atoms with E-state index in [1.54, 1.807) is 35.1 Å². The number of nitrogens with two attached hydrogens (primary N) is 1. The molecule has 0 saturated heterocycles. The fraction of sp³-hybridized carbons (Fsp3) is 0.0667. The number of thiazole rings is 1. The maximum absolute atomic E-state index is 12.2. The van der Waals surface area contributed by atoms with E-state index in [9.17, 15) is 9.59 Å². The lowest BCUT2D eigenvalue weighted by molar-refractivity contribution is 0.100. The first-order valence-corrected chi connectivity index (χ1v) is 7.53. The number of hydrogen-bond donors (Lipinski definition) is 2. The Morgan fingerprint density at radius 3 is 2.52 bits per heavy atom. The van der Waals surface area contributed by atoms with Crippen LogP contribution in [0.5, 0.6) is 0 Å². The maximum Gasteiger partial charge on any atom is 0.260 e. The van der Waals surface area contributed by atoms with Gasteiger partial charge in [0.1, 0.15) is 4.88 Å². The summed E-state index contributed by atoms with van der Waals surface area (Å²) in [5.41, 5.74) is 7.55. The van der Waals surface area contributed by atoms with Crippen LogP contribution in [0.2, 0.25) is 0 Å². The second kappa shape index (κ2) is 6.01. The highest BCUT2D eigenvalue weighted by molar-refractivity contribution is 7.17. The number of carbonyl (C=O) groups excluding carboxylic acids is 2. The first-order chi connectivity index (χ1) is 11.0. The molecule has 1 aromatic carbocycles. The van der Waals surface area contributed by atoms with E-state index < -0.39 is 5.91 Å². The van der Waals surface area contributed by atoms with Crippen LogP contribution in [0.1, 0.15) is 25.6 Å². The minimum atomic E-state index is -0.568. The van der Waals surface area contributed by atoms with E-state index in [-0.39, 0.29) is 5.91 Å². The third-order valence-electron chi connectivity index (χ3n) is 3.07. The topological polar surface area (TPSA) is 103 Å². The standard InChI is InChI=1S/C15H13N5O2S/c1-9-6-18-20(8-9)11-4-2-10(3-5-11)14(22)19-15-17-7-12(23-15)13(16)21/h2-8H,1H3,(H2,16,21)(H,17,19,22). The van der Waals surface area contributed by atoms with Gasteiger partial charge in [-0.2, -0.15) is 5.10 Å². The van der Waals surface area contributed by atoms with Crippen molar-refractivity contribution in [3.8, 4) is 5.69 Å². The summed E-state index contributed by atoms with van der Waals surface area (Å²) in [6.45, 7) is 1.96. The molecule has 2 heterocycles. The van der Waals surface area contributed by atoms with E-state index in [1.807, 2.05) is 13.1 Å². The number of anilines is 1. The van der Waals surface area contributed by atoms with E-state index in [0.717, 1.165) is 22.6 Å². The van der Waals surface area contributed by atoms with Crippen LogP contribution in [-0.2, 0) is 0 Å². The Morgan fingerprint density at radius 1 is 1.22 bits per heavy atom. The second-order valence-corrected chi connectivity index (χ2v) is 5.89. The SMILES string of the molecule is Cc1cnn(-c2ccc(C(=O)Nc3ncc(C(N)=O)s3)cc2)c1. The van der Waals surface area contributed by atoms with Crippen LogP contribution in [0.3, 0.4) is 0 Å². The number of amides is 2. The minimum Gasteiger partial charge on any atom is -0.365 e. The van der Waals surface area contributed by atoms with Gasteiger partial charge in [-0.25, -0.2) is 9.67 Å². The van der Waals surface area contributed by atoms with Gasteiger partial charge in [0.15, 0.2) is 5.13 Å². The Bertz CT molecular complexity index is 866. The molecule has 0 aliphatic rings. The summed E-state index contributed by atoms with van der Waals surface area (Å²) >= 11 is 1.04. The van der Waals surface area contributed by atoms with E-state index in [4.69, 9.17) is 5.73 Å². The fourth-order valence-corrected chi connectivity index (χ4v) is 2.60. The van der Waals surface area contributed by atoms with Gasteiger partial charge in [0, 0.05) is 11.8 Å². The Balaban J connectivity index is 1.73. The third-order valence-corrected chi connectivity index (χ3v) is 4.00. The molecule has 7 nitrogen and oxygen atoms in total. The van der Waals surface area contributed by atoms with Gasteiger partial charge in [0.2, 0.25) is 0 Å². The first-order valence-electron chi connectivity index (χ1n) is 6.71. The van der Waals surface area contributed by atoms with Crippen molar-refractivity contribution in [2.24, 2.45) is 5.73 Å². The van der Waals surface area contributed by atoms with Crippen LogP contribution in [0, 0.1) is 6.92 Å². The van der Waals surface area contributed by atoms with Gasteiger partial charge in [-0.15, -0.1) is 0 Å². The molecule has 0 bridgehead atoms. The smallest absolute Gasteiger partial charge is 0.260 e. The largest absolute Gasteiger partial charge is 0.365 e. The van der Waals surface area contributed by atoms with Gasteiger partial charge >= 0.3 is 0 Å². The molecule has 8 heteroatoms. The summed E-state index contributed by atoms with van der Waals surface area (Å²) in [5, 5.41) is 7.18. The van der Waals surface area contributed by atoms with E-state index >= 15 is 0 Å². The van der Waals surface area contributed by atoms with Gasteiger partial charge in [-0.3, -0.25) is 14.9 Å². The third kappa shape index (κ3) is 3.27. The summed E-state index contributed by atoms with van der Waals surface area (Å²) < 4.78 is 1.73. The number of rotatable bonds is 4. The fourth-order valence-electron chi connectivity index (χ4n) is 1.93. The monoisotopic (exact) mass is 327 g/mol. The van der Waals surface area contributed by atoms with Crippen molar-refractivity contribution in [3.05, 3.63) is 58.9 Å². The van der Waals surface area contributed by atoms with Crippen LogP contribution in [0.15, 0.2) is 42.9 Å². The number of hydrogen-bond acceptors (Lipinski definition) is 5. The van der Waals surface area contributed by atoms with Gasteiger partial charge in [0.05, 0.1) is 18.1 Å². The molecule has 116 valence electrons. The predicted molar refractivity (Wildman–Crippen MR) is 86.9 cm³/mol. The summed E-state index contributed by atoms with van der Waals surface area (Å²) in [6.07, 6.45) is 5.00. The van der Waals surface area contributed by atoms with Crippen LogP contribution >= 0.6 is 11.3 Å². The molecule has 2 amide bonds. The molecule has 3 rings (SSSR count). The number of nitrogens with one attached hydrogen (secondary N) is 1. The van der Waals surface area contributed by atoms with Crippen LogP contribution < -0.4 is 11.1 Å². The molecule has 2 aromatic heterocycles. The summed E-state index contributed by atoms with van der Waals surface area (Å²) in [5.74, 6) is -0.875. The molecule has 0 spiro atoms. The highest BCUT2D eigenvalue weighted by Gasteiger charge is 2.11. The molecule has 0 atom stereocenters. The molecule has 0 fully saturated rings. The van der Waals surface area contributed by atoms with E-state index in [0.29, 0.717) is 15.6 Å². The highest BCUT2D eigenvalue weighted by Crippen LogP contribution is 2.18. The Hall–Kier alpha value is -3.00. The molecular formula is C15H13N5O2S. The zero-order chi connectivity index (χ0) is 16.4. The van der Waals surface area contributed by atoms with Crippen molar-refractivity contribution < 1.29 is 9.59 Å². The summed E-state index contributed by atoms with van der Waals surface area (Å²) in [7, 11) is 0. The van der Waals surface area contributed by atoms with Crippen LogP contribution in [0.25, 0.3) is 5.69 Å². The van der Waals surface area contributed by atoms with Crippen molar-refractivity contribution in [2.75, 3.05) is 5.32 Å². The van der Waals surface area contributed by atoms with Gasteiger partial charge in [0.25, 0.3) is 11.8 Å². The Labute approximate surface area is 135 Å². The molecule has 0 aliphatic heterocycles. The minimum absolute atomic E-state index is 0.296. The molecule has 3 aromatic rings. The van der Waals surface area contributed by atoms with Crippen molar-refractivity contribution in [2.45, 2.75) is 6.92 Å². The lowest BCUT2D eigenvalue weighted by atomic mass is 10.2. The number of aromatic nitrogens is 3. The first kappa shape index (κ1) is 14.9. The predicted octanol–water partition coefficient (Wildman–Crippen LogP) is 1.99. The van der Waals surface area contributed by atoms with Crippen molar-refractivity contribution in [1.29, 1.82) is 0 Å². The molecule has 0 unspecified atom stereocenters. The van der Waals surface area contributed by atoms with E-state index in [1.165, 1.54) is 6.20 Å². The lowest BCUT2D eigenvalue weighted by Crippen LogP contribution is -2.11. The normalized spacial score (nSPS) is 10.5. The van der Waals surface area contributed by atoms with E-state index in [2.05, 4.69) is 15.4 Å². The van der Waals surface area contributed by atoms with Gasteiger partial charge in [-0.05, 0) is 36.8 Å². The lowest BCUT2D eigenvalue weighted by Gasteiger charge is -2.04. The molecule has 0 aliphatic carbocycles. The molecule has 23 heavy (non-hydrogen) atoms. The number of benzene rings is 1. The van der Waals surface area contributed by atoms with Crippen LogP contribution in [-0.4, -0.2) is 26.6 Å². The van der Waals surface area contributed by atoms with Crippen molar-refractivity contribution in [1.82, 2.24) is 14.8 Å². The molecule has 0 radical (unpaired) electrons. The van der Waals surface area contributed by atoms with Gasteiger partial charge < -0.3 is 5.73 Å². The van der Waals surface area contributed by atoms with Crippen LogP contribution in [0.4, 0.5) is 5.13 Å². The molecule has 0 saturated carbocycles. The van der Waals surface area contributed by atoms with Crippen molar-refractivity contribution in [3.63, 3.8) is 0 Å². The number of carbonyl (C=O) groups is 2. The summed E-state index contributed by atoms with van der Waals surface area (Å²) in [6, 6.07) is 7.00. The molecule has 3 N–H and O–H groups in total. The number of nitrogens with zero attached hydrogens (tertiary/aromatic N) is 3. The summed E-state index contributed by atoms with van der Waals surface area (Å²) in [4.78, 5) is 27.4. The second-order valence-electron chi connectivity index (χ2n) is 4.86. The molecular weight excluding hydrogens is 314 g/mol. The number of aryl methyl sites for hydroxylation is 1. The number of primary amides is 1. The zero-order valence-corrected chi connectivity index (χ0v) is 13.0. The highest BCUT2D eigenvalue weighted by atomic mass is 32.1. The zero-order valence-electron chi connectivity index (χ0n) is 12.2. The van der Waals surface area contributed by atoms with Crippen molar-refractivity contribution >= 4 is 28.3 Å². The average Bonchev–Trinajstić information content (AvgIpc) is 3.16. The quantitative estimate of drug-likeness (QED) is 0.765.